The minimum atomic E-state index is -0.0937. The number of methoxy groups -OCH3 is 1. The number of benzene rings is 1. The molecule has 3 nitrogen and oxygen atoms in total. The SMILES string of the molecule is COc1cccc(CC2CNC(C)(CO)C2)c1. The van der Waals surface area contributed by atoms with E-state index in [-0.39, 0.29) is 12.1 Å². The van der Waals surface area contributed by atoms with Crippen molar-refractivity contribution in [3.63, 3.8) is 0 Å². The first-order valence-electron chi connectivity index (χ1n) is 6.14. The van der Waals surface area contributed by atoms with Crippen LogP contribution in [-0.2, 0) is 6.42 Å². The van der Waals surface area contributed by atoms with Crippen LogP contribution in [0.4, 0.5) is 0 Å². The zero-order chi connectivity index (χ0) is 12.3. The van der Waals surface area contributed by atoms with Crippen LogP contribution in [0, 0.1) is 5.92 Å². The summed E-state index contributed by atoms with van der Waals surface area (Å²) in [5, 5.41) is 12.7. The lowest BCUT2D eigenvalue weighted by Crippen LogP contribution is -2.39. The van der Waals surface area contributed by atoms with Crippen LogP contribution in [0.15, 0.2) is 24.3 Å². The van der Waals surface area contributed by atoms with Crippen LogP contribution in [-0.4, -0.2) is 30.9 Å². The van der Waals surface area contributed by atoms with Crippen LogP contribution in [0.1, 0.15) is 18.9 Å². The maximum atomic E-state index is 9.31. The van der Waals surface area contributed by atoms with Gasteiger partial charge in [-0.25, -0.2) is 0 Å². The molecule has 17 heavy (non-hydrogen) atoms. The number of aliphatic hydroxyl groups excluding tert-OH is 1. The maximum absolute atomic E-state index is 9.31. The van der Waals surface area contributed by atoms with E-state index >= 15 is 0 Å². The van der Waals surface area contributed by atoms with Gasteiger partial charge in [0, 0.05) is 5.54 Å². The summed E-state index contributed by atoms with van der Waals surface area (Å²) in [6, 6.07) is 8.22. The molecule has 0 amide bonds. The smallest absolute Gasteiger partial charge is 0.119 e. The second-order valence-corrected chi connectivity index (χ2v) is 5.23. The summed E-state index contributed by atoms with van der Waals surface area (Å²) in [5.41, 5.74) is 1.21. The molecule has 1 aromatic carbocycles. The minimum absolute atomic E-state index is 0.0937. The topological polar surface area (TPSA) is 41.5 Å². The summed E-state index contributed by atoms with van der Waals surface area (Å²) in [4.78, 5) is 0. The molecule has 0 aromatic heterocycles. The maximum Gasteiger partial charge on any atom is 0.119 e. The van der Waals surface area contributed by atoms with Crippen LogP contribution >= 0.6 is 0 Å². The summed E-state index contributed by atoms with van der Waals surface area (Å²) in [6.45, 7) is 3.27. The van der Waals surface area contributed by atoms with Crippen LogP contribution in [0.5, 0.6) is 5.75 Å². The third-order valence-corrected chi connectivity index (χ3v) is 3.56. The zero-order valence-corrected chi connectivity index (χ0v) is 10.6. The number of hydrogen-bond acceptors (Lipinski definition) is 3. The van der Waals surface area contributed by atoms with E-state index in [0.717, 1.165) is 25.1 Å². The highest BCUT2D eigenvalue weighted by molar-refractivity contribution is 5.28. The van der Waals surface area contributed by atoms with E-state index in [0.29, 0.717) is 5.92 Å². The van der Waals surface area contributed by atoms with Gasteiger partial charge in [-0.05, 0) is 49.9 Å². The highest BCUT2D eigenvalue weighted by atomic mass is 16.5. The lowest BCUT2D eigenvalue weighted by molar-refractivity contribution is 0.189. The number of ether oxygens (including phenoxy) is 1. The highest BCUT2D eigenvalue weighted by Gasteiger charge is 2.33. The van der Waals surface area contributed by atoms with Crippen molar-refractivity contribution in [1.29, 1.82) is 0 Å². The van der Waals surface area contributed by atoms with Crippen LogP contribution in [0.2, 0.25) is 0 Å². The van der Waals surface area contributed by atoms with Crippen molar-refractivity contribution in [2.24, 2.45) is 5.92 Å². The predicted octanol–water partition coefficient (Wildman–Crippen LogP) is 1.60. The first kappa shape index (κ1) is 12.4. The Labute approximate surface area is 103 Å². The average Bonchev–Trinajstić information content (AvgIpc) is 2.72. The van der Waals surface area contributed by atoms with Gasteiger partial charge in [0.25, 0.3) is 0 Å². The minimum Gasteiger partial charge on any atom is -0.497 e. The quantitative estimate of drug-likeness (QED) is 0.833. The molecule has 0 aliphatic carbocycles. The molecule has 94 valence electrons. The van der Waals surface area contributed by atoms with E-state index < -0.39 is 0 Å². The van der Waals surface area contributed by atoms with Gasteiger partial charge >= 0.3 is 0 Å². The molecule has 1 heterocycles. The average molecular weight is 235 g/mol. The van der Waals surface area contributed by atoms with Gasteiger partial charge in [-0.3, -0.25) is 0 Å². The molecule has 1 saturated heterocycles. The van der Waals surface area contributed by atoms with E-state index in [1.807, 2.05) is 12.1 Å². The van der Waals surface area contributed by atoms with Crippen molar-refractivity contribution in [3.8, 4) is 5.75 Å². The Kier molecular flexibility index (Phi) is 3.69. The number of hydrogen-bond donors (Lipinski definition) is 2. The first-order valence-corrected chi connectivity index (χ1v) is 6.14. The number of aliphatic hydroxyl groups is 1. The normalized spacial score (nSPS) is 28.3. The van der Waals surface area contributed by atoms with Crippen LogP contribution < -0.4 is 10.1 Å². The van der Waals surface area contributed by atoms with Gasteiger partial charge in [-0.1, -0.05) is 12.1 Å². The number of nitrogens with one attached hydrogen (secondary N) is 1. The number of rotatable bonds is 4. The largest absolute Gasteiger partial charge is 0.497 e. The van der Waals surface area contributed by atoms with E-state index in [4.69, 9.17) is 4.74 Å². The Morgan fingerprint density at radius 3 is 3.00 bits per heavy atom. The van der Waals surface area contributed by atoms with Gasteiger partial charge in [0.15, 0.2) is 0 Å². The van der Waals surface area contributed by atoms with E-state index in [1.165, 1.54) is 5.56 Å². The van der Waals surface area contributed by atoms with Crippen molar-refractivity contribution in [2.75, 3.05) is 20.3 Å². The fourth-order valence-corrected chi connectivity index (χ4v) is 2.57. The molecule has 1 aromatic rings. The van der Waals surface area contributed by atoms with Crippen LogP contribution in [0.25, 0.3) is 0 Å². The first-order chi connectivity index (χ1) is 8.15. The lowest BCUT2D eigenvalue weighted by Gasteiger charge is -2.21. The fraction of sp³-hybridized carbons (Fsp3) is 0.571. The Morgan fingerprint density at radius 2 is 2.35 bits per heavy atom. The summed E-state index contributed by atoms with van der Waals surface area (Å²) >= 11 is 0. The van der Waals surface area contributed by atoms with Crippen molar-refractivity contribution >= 4 is 0 Å². The summed E-state index contributed by atoms with van der Waals surface area (Å²) in [6.07, 6.45) is 2.07. The standard InChI is InChI=1S/C14H21NO2/c1-14(10-16)8-12(9-15-14)6-11-4-3-5-13(7-11)17-2/h3-5,7,12,15-16H,6,8-10H2,1-2H3. The highest BCUT2D eigenvalue weighted by Crippen LogP contribution is 2.27. The second kappa shape index (κ2) is 5.07. The Morgan fingerprint density at radius 1 is 1.53 bits per heavy atom. The molecule has 1 fully saturated rings. The third kappa shape index (κ3) is 2.99. The molecule has 2 N–H and O–H groups in total. The van der Waals surface area contributed by atoms with Gasteiger partial charge < -0.3 is 15.2 Å². The molecule has 2 rings (SSSR count). The molecule has 0 bridgehead atoms. The third-order valence-electron chi connectivity index (χ3n) is 3.56. The molecule has 0 spiro atoms. The van der Waals surface area contributed by atoms with Gasteiger partial charge in [-0.2, -0.15) is 0 Å². The molecule has 1 aliphatic rings. The molecule has 3 heteroatoms. The molecule has 0 saturated carbocycles. The van der Waals surface area contributed by atoms with Crippen LogP contribution in [0.3, 0.4) is 0 Å². The summed E-state index contributed by atoms with van der Waals surface area (Å²) in [7, 11) is 1.69. The van der Waals surface area contributed by atoms with Crippen molar-refractivity contribution < 1.29 is 9.84 Å². The lowest BCUT2D eigenvalue weighted by atomic mass is 9.91. The van der Waals surface area contributed by atoms with Crippen molar-refractivity contribution in [2.45, 2.75) is 25.3 Å². The van der Waals surface area contributed by atoms with E-state index in [9.17, 15) is 5.11 Å². The molecular formula is C14H21NO2. The van der Waals surface area contributed by atoms with E-state index in [1.54, 1.807) is 7.11 Å². The Hall–Kier alpha value is -1.06. The monoisotopic (exact) mass is 235 g/mol. The molecule has 0 radical (unpaired) electrons. The van der Waals surface area contributed by atoms with Gasteiger partial charge in [0.1, 0.15) is 5.75 Å². The van der Waals surface area contributed by atoms with Crippen molar-refractivity contribution in [3.05, 3.63) is 29.8 Å². The molecule has 2 unspecified atom stereocenters. The molecule has 1 aliphatic heterocycles. The van der Waals surface area contributed by atoms with Gasteiger partial charge in [-0.15, -0.1) is 0 Å². The second-order valence-electron chi connectivity index (χ2n) is 5.23. The zero-order valence-electron chi connectivity index (χ0n) is 10.6. The van der Waals surface area contributed by atoms with Crippen molar-refractivity contribution in [1.82, 2.24) is 5.32 Å². The predicted molar refractivity (Wildman–Crippen MR) is 68.3 cm³/mol. The van der Waals surface area contributed by atoms with Gasteiger partial charge in [0.05, 0.1) is 13.7 Å². The molecule has 2 atom stereocenters. The van der Waals surface area contributed by atoms with E-state index in [2.05, 4.69) is 24.4 Å². The Balaban J connectivity index is 1.98. The van der Waals surface area contributed by atoms with Gasteiger partial charge in [0.2, 0.25) is 0 Å². The summed E-state index contributed by atoms with van der Waals surface area (Å²) in [5.74, 6) is 1.51. The Bertz CT molecular complexity index is 380. The summed E-state index contributed by atoms with van der Waals surface area (Å²) < 4.78 is 5.23. The molecular weight excluding hydrogens is 214 g/mol. The fourth-order valence-electron chi connectivity index (χ4n) is 2.57.